The second-order valence-corrected chi connectivity index (χ2v) is 7.39. The zero-order valence-corrected chi connectivity index (χ0v) is 16.1. The molecule has 0 aromatic heterocycles. The van der Waals surface area contributed by atoms with Crippen molar-refractivity contribution in [1.29, 1.82) is 0 Å². The fourth-order valence-corrected chi connectivity index (χ4v) is 2.33. The van der Waals surface area contributed by atoms with Crippen LogP contribution in [0.3, 0.4) is 0 Å². The normalized spacial score (nSPS) is 12.4. The van der Waals surface area contributed by atoms with Crippen LogP contribution in [0.15, 0.2) is 24.3 Å². The van der Waals surface area contributed by atoms with Crippen LogP contribution in [0.25, 0.3) is 0 Å². The lowest BCUT2D eigenvalue weighted by molar-refractivity contribution is -0.123. The number of aryl methyl sites for hydroxylation is 1. The Morgan fingerprint density at radius 1 is 1.12 bits per heavy atom. The number of ether oxygens (including phenoxy) is 1. The third-order valence-electron chi connectivity index (χ3n) is 3.65. The number of hydrogen-bond acceptors (Lipinski definition) is 3. The van der Waals surface area contributed by atoms with Gasteiger partial charge in [0.1, 0.15) is 11.6 Å². The van der Waals surface area contributed by atoms with Crippen molar-refractivity contribution in [3.8, 4) is 0 Å². The summed E-state index contributed by atoms with van der Waals surface area (Å²) in [5.74, 6) is -0.178. The zero-order chi connectivity index (χ0) is 18.9. The van der Waals surface area contributed by atoms with E-state index in [-0.39, 0.29) is 5.91 Å². The maximum atomic E-state index is 12.5. The van der Waals surface area contributed by atoms with Crippen LogP contribution in [0.2, 0.25) is 0 Å². The van der Waals surface area contributed by atoms with Crippen molar-refractivity contribution in [2.24, 2.45) is 0 Å². The molecule has 25 heavy (non-hydrogen) atoms. The summed E-state index contributed by atoms with van der Waals surface area (Å²) in [6, 6.07) is 7.30. The zero-order valence-electron chi connectivity index (χ0n) is 16.1. The van der Waals surface area contributed by atoms with Crippen LogP contribution in [-0.2, 0) is 16.0 Å². The molecule has 0 saturated carbocycles. The standard InChI is InChI=1S/C20H32N2O3/c1-6-7-8-13-21-18(23)17(22-19(24)25-20(3,4)5)14-16-11-9-15(2)10-12-16/h9-12,17H,6-8,13-14H2,1-5H3,(H,21,23)(H,22,24)/t17-/m0/s1. The molecule has 1 rings (SSSR count). The highest BCUT2D eigenvalue weighted by molar-refractivity contribution is 5.86. The molecular formula is C20H32N2O3. The monoisotopic (exact) mass is 348 g/mol. The van der Waals surface area contributed by atoms with E-state index in [1.165, 1.54) is 0 Å². The first-order chi connectivity index (χ1) is 11.7. The minimum atomic E-state index is -0.654. The second-order valence-electron chi connectivity index (χ2n) is 7.39. The van der Waals surface area contributed by atoms with Crippen molar-refractivity contribution in [3.05, 3.63) is 35.4 Å². The van der Waals surface area contributed by atoms with E-state index in [1.807, 2.05) is 31.2 Å². The quantitative estimate of drug-likeness (QED) is 0.703. The molecule has 0 heterocycles. The van der Waals surface area contributed by atoms with Crippen molar-refractivity contribution in [1.82, 2.24) is 10.6 Å². The molecule has 0 saturated heterocycles. The molecule has 0 aliphatic rings. The fraction of sp³-hybridized carbons (Fsp3) is 0.600. The number of alkyl carbamates (subject to hydrolysis) is 1. The van der Waals surface area contributed by atoms with Crippen LogP contribution in [0, 0.1) is 6.92 Å². The van der Waals surface area contributed by atoms with Gasteiger partial charge in [-0.2, -0.15) is 0 Å². The molecule has 0 radical (unpaired) electrons. The van der Waals surface area contributed by atoms with Gasteiger partial charge in [0.25, 0.3) is 0 Å². The number of hydrogen-bond donors (Lipinski definition) is 2. The smallest absolute Gasteiger partial charge is 0.408 e. The Balaban J connectivity index is 2.72. The molecular weight excluding hydrogens is 316 g/mol. The van der Waals surface area contributed by atoms with Gasteiger partial charge in [0.15, 0.2) is 0 Å². The maximum absolute atomic E-state index is 12.5. The number of rotatable bonds is 8. The van der Waals surface area contributed by atoms with E-state index in [1.54, 1.807) is 20.8 Å². The van der Waals surface area contributed by atoms with Crippen LogP contribution in [0.5, 0.6) is 0 Å². The summed E-state index contributed by atoms with van der Waals surface area (Å²) in [6.45, 7) is 10.1. The molecule has 0 unspecified atom stereocenters. The van der Waals surface area contributed by atoms with Crippen LogP contribution >= 0.6 is 0 Å². The number of carbonyl (C=O) groups excluding carboxylic acids is 2. The largest absolute Gasteiger partial charge is 0.444 e. The predicted molar refractivity (Wildman–Crippen MR) is 101 cm³/mol. The molecule has 5 heteroatoms. The molecule has 2 amide bonds. The Morgan fingerprint density at radius 3 is 2.32 bits per heavy atom. The van der Waals surface area contributed by atoms with Gasteiger partial charge in [-0.05, 0) is 39.7 Å². The summed E-state index contributed by atoms with van der Waals surface area (Å²) < 4.78 is 5.29. The summed E-state index contributed by atoms with van der Waals surface area (Å²) in [4.78, 5) is 24.6. The van der Waals surface area contributed by atoms with Gasteiger partial charge in [-0.25, -0.2) is 4.79 Å². The van der Waals surface area contributed by atoms with E-state index in [2.05, 4.69) is 17.6 Å². The topological polar surface area (TPSA) is 67.4 Å². The minimum absolute atomic E-state index is 0.178. The number of nitrogens with one attached hydrogen (secondary N) is 2. The van der Waals surface area contributed by atoms with Gasteiger partial charge < -0.3 is 15.4 Å². The molecule has 0 fully saturated rings. The minimum Gasteiger partial charge on any atom is -0.444 e. The van der Waals surface area contributed by atoms with Gasteiger partial charge in [0, 0.05) is 13.0 Å². The molecule has 140 valence electrons. The highest BCUT2D eigenvalue weighted by Gasteiger charge is 2.24. The van der Waals surface area contributed by atoms with Crippen molar-refractivity contribution >= 4 is 12.0 Å². The van der Waals surface area contributed by atoms with Crippen molar-refractivity contribution in [3.63, 3.8) is 0 Å². The SMILES string of the molecule is CCCCCNC(=O)[C@H](Cc1ccc(C)cc1)NC(=O)OC(C)(C)C. The lowest BCUT2D eigenvalue weighted by Gasteiger charge is -2.23. The average Bonchev–Trinajstić information content (AvgIpc) is 2.51. The van der Waals surface area contributed by atoms with Crippen LogP contribution in [0.1, 0.15) is 58.1 Å². The van der Waals surface area contributed by atoms with E-state index in [0.717, 1.165) is 30.4 Å². The first-order valence-corrected chi connectivity index (χ1v) is 9.04. The fourth-order valence-electron chi connectivity index (χ4n) is 2.33. The maximum Gasteiger partial charge on any atom is 0.408 e. The average molecular weight is 348 g/mol. The van der Waals surface area contributed by atoms with Crippen LogP contribution < -0.4 is 10.6 Å². The van der Waals surface area contributed by atoms with Crippen LogP contribution in [-0.4, -0.2) is 30.2 Å². The Hall–Kier alpha value is -2.04. The van der Waals surface area contributed by atoms with Crippen molar-refractivity contribution in [2.75, 3.05) is 6.54 Å². The number of benzene rings is 1. The van der Waals surface area contributed by atoms with Gasteiger partial charge in [-0.3, -0.25) is 4.79 Å². The molecule has 2 N–H and O–H groups in total. The van der Waals surface area contributed by atoms with Gasteiger partial charge in [-0.1, -0.05) is 49.6 Å². The summed E-state index contributed by atoms with van der Waals surface area (Å²) in [7, 11) is 0. The van der Waals surface area contributed by atoms with Gasteiger partial charge in [0.05, 0.1) is 0 Å². The summed E-state index contributed by atoms with van der Waals surface area (Å²) in [6.07, 6.45) is 2.96. The Labute approximate surface area is 151 Å². The van der Waals surface area contributed by atoms with Gasteiger partial charge >= 0.3 is 6.09 Å². The Morgan fingerprint density at radius 2 is 1.76 bits per heavy atom. The molecule has 0 aliphatic carbocycles. The number of carbonyl (C=O) groups is 2. The Kier molecular flexibility index (Phi) is 8.46. The predicted octanol–water partition coefficient (Wildman–Crippen LogP) is 3.74. The van der Waals surface area contributed by atoms with E-state index in [4.69, 9.17) is 4.74 Å². The number of unbranched alkanes of at least 4 members (excludes halogenated alkanes) is 2. The van der Waals surface area contributed by atoms with Gasteiger partial charge in [0.2, 0.25) is 5.91 Å². The highest BCUT2D eigenvalue weighted by Crippen LogP contribution is 2.10. The van der Waals surface area contributed by atoms with E-state index in [9.17, 15) is 9.59 Å². The van der Waals surface area contributed by atoms with E-state index in [0.29, 0.717) is 13.0 Å². The first-order valence-electron chi connectivity index (χ1n) is 9.04. The Bertz CT molecular complexity index is 547. The van der Waals surface area contributed by atoms with E-state index >= 15 is 0 Å². The first kappa shape index (κ1) is 21.0. The van der Waals surface area contributed by atoms with Crippen molar-refractivity contribution < 1.29 is 14.3 Å². The molecule has 5 nitrogen and oxygen atoms in total. The van der Waals surface area contributed by atoms with Gasteiger partial charge in [-0.15, -0.1) is 0 Å². The van der Waals surface area contributed by atoms with E-state index < -0.39 is 17.7 Å². The third kappa shape index (κ3) is 9.13. The van der Waals surface area contributed by atoms with Crippen LogP contribution in [0.4, 0.5) is 4.79 Å². The summed E-state index contributed by atoms with van der Waals surface area (Å²) in [5, 5.41) is 5.61. The molecule has 0 bridgehead atoms. The molecule has 1 aromatic rings. The molecule has 1 aromatic carbocycles. The second kappa shape index (κ2) is 10.1. The summed E-state index contributed by atoms with van der Waals surface area (Å²) >= 11 is 0. The van der Waals surface area contributed by atoms with Crippen molar-refractivity contribution in [2.45, 2.75) is 71.9 Å². The molecule has 0 spiro atoms. The highest BCUT2D eigenvalue weighted by atomic mass is 16.6. The molecule has 0 aliphatic heterocycles. The summed E-state index contributed by atoms with van der Waals surface area (Å²) in [5.41, 5.74) is 1.55. The lowest BCUT2D eigenvalue weighted by Crippen LogP contribution is -2.49. The lowest BCUT2D eigenvalue weighted by atomic mass is 10.0. The third-order valence-corrected chi connectivity index (χ3v) is 3.65. The molecule has 1 atom stereocenters. The number of amides is 2.